The first-order chi connectivity index (χ1) is 8.76. The normalized spacial score (nSPS) is 30.3. The first kappa shape index (κ1) is 11.8. The van der Waals surface area contributed by atoms with Gasteiger partial charge in [-0.2, -0.15) is 0 Å². The van der Waals surface area contributed by atoms with Gasteiger partial charge in [0, 0.05) is 37.2 Å². The third kappa shape index (κ3) is 2.17. The summed E-state index contributed by atoms with van der Waals surface area (Å²) in [6, 6.07) is 4.26. The second-order valence-corrected chi connectivity index (χ2v) is 5.40. The van der Waals surface area contributed by atoms with Crippen molar-refractivity contribution in [1.82, 2.24) is 9.88 Å². The Labute approximate surface area is 111 Å². The lowest BCUT2D eigenvalue weighted by Gasteiger charge is -2.36. The van der Waals surface area contributed by atoms with E-state index in [1.807, 2.05) is 4.90 Å². The molecule has 0 spiro atoms. The summed E-state index contributed by atoms with van der Waals surface area (Å²) in [5.74, 6) is 0.614. The molecule has 3 heterocycles. The van der Waals surface area contributed by atoms with Crippen LogP contribution in [0, 0.1) is 0 Å². The number of carbonyl (C=O) groups excluding carboxylic acids is 1. The number of piperidine rings is 1. The summed E-state index contributed by atoms with van der Waals surface area (Å²) >= 11 is 5.79. The van der Waals surface area contributed by atoms with E-state index >= 15 is 0 Å². The Bertz CT molecular complexity index is 423. The summed E-state index contributed by atoms with van der Waals surface area (Å²) in [5, 5.41) is 0.609. The molecule has 2 aliphatic rings. The van der Waals surface area contributed by atoms with E-state index in [1.165, 1.54) is 0 Å². The molecule has 0 N–H and O–H groups in total. The molecule has 2 fully saturated rings. The minimum Gasteiger partial charge on any atom is -0.474 e. The van der Waals surface area contributed by atoms with E-state index < -0.39 is 0 Å². The van der Waals surface area contributed by atoms with Gasteiger partial charge in [-0.25, -0.2) is 4.98 Å². The molecule has 0 aromatic carbocycles. The largest absolute Gasteiger partial charge is 0.474 e. The number of fused-ring (bicyclic) bond motifs is 2. The maximum Gasteiger partial charge on any atom is 0.213 e. The zero-order valence-electron chi connectivity index (χ0n) is 9.96. The molecule has 2 saturated heterocycles. The average Bonchev–Trinajstić information content (AvgIpc) is 2.62. The molecule has 0 saturated carbocycles. The van der Waals surface area contributed by atoms with E-state index in [0.29, 0.717) is 23.0 Å². The summed E-state index contributed by atoms with van der Waals surface area (Å²) in [4.78, 5) is 17.1. The van der Waals surface area contributed by atoms with Gasteiger partial charge in [0.25, 0.3) is 0 Å². The van der Waals surface area contributed by atoms with Gasteiger partial charge in [-0.05, 0) is 18.9 Å². The van der Waals surface area contributed by atoms with Gasteiger partial charge in [0.2, 0.25) is 12.3 Å². The molecule has 2 unspecified atom stereocenters. The third-order valence-corrected chi connectivity index (χ3v) is 4.08. The van der Waals surface area contributed by atoms with Crippen molar-refractivity contribution in [1.29, 1.82) is 0 Å². The summed E-state index contributed by atoms with van der Waals surface area (Å²) in [6.07, 6.45) is 6.73. The van der Waals surface area contributed by atoms with Gasteiger partial charge < -0.3 is 9.64 Å². The molecule has 3 rings (SSSR count). The standard InChI is InChI=1S/C13H15ClN2O2/c14-9-1-4-13(15-7-9)18-12-5-10-2-3-11(6-12)16(10)8-17/h1,4,7-8,10-12H,2-3,5-6H2. The van der Waals surface area contributed by atoms with Crippen molar-refractivity contribution in [2.24, 2.45) is 0 Å². The summed E-state index contributed by atoms with van der Waals surface area (Å²) in [5.41, 5.74) is 0. The fraction of sp³-hybridized carbons (Fsp3) is 0.538. The van der Waals surface area contributed by atoms with Crippen LogP contribution in [0.3, 0.4) is 0 Å². The van der Waals surface area contributed by atoms with Crippen LogP contribution in [0.1, 0.15) is 25.7 Å². The van der Waals surface area contributed by atoms with Gasteiger partial charge in [-0.1, -0.05) is 11.6 Å². The Balaban J connectivity index is 1.66. The molecular weight excluding hydrogens is 252 g/mol. The quantitative estimate of drug-likeness (QED) is 0.788. The number of amides is 1. The Morgan fingerprint density at radius 3 is 2.61 bits per heavy atom. The summed E-state index contributed by atoms with van der Waals surface area (Å²) < 4.78 is 5.87. The summed E-state index contributed by atoms with van der Waals surface area (Å²) in [7, 11) is 0. The predicted octanol–water partition coefficient (Wildman–Crippen LogP) is 2.27. The number of aromatic nitrogens is 1. The fourth-order valence-corrected chi connectivity index (χ4v) is 3.15. The number of halogens is 1. The smallest absolute Gasteiger partial charge is 0.213 e. The van der Waals surface area contributed by atoms with Crippen LogP contribution in [-0.4, -0.2) is 34.5 Å². The van der Waals surface area contributed by atoms with Crippen molar-refractivity contribution in [3.63, 3.8) is 0 Å². The molecule has 1 aromatic heterocycles. The predicted molar refractivity (Wildman–Crippen MR) is 67.6 cm³/mol. The van der Waals surface area contributed by atoms with Crippen molar-refractivity contribution in [2.75, 3.05) is 0 Å². The minimum atomic E-state index is 0.160. The van der Waals surface area contributed by atoms with E-state index in [1.54, 1.807) is 18.3 Å². The molecule has 1 amide bonds. The molecule has 0 aliphatic carbocycles. The van der Waals surface area contributed by atoms with Gasteiger partial charge >= 0.3 is 0 Å². The first-order valence-electron chi connectivity index (χ1n) is 6.27. The van der Waals surface area contributed by atoms with Gasteiger partial charge in [0.05, 0.1) is 5.02 Å². The van der Waals surface area contributed by atoms with Gasteiger partial charge in [-0.15, -0.1) is 0 Å². The highest BCUT2D eigenvalue weighted by Gasteiger charge is 2.40. The molecule has 2 bridgehead atoms. The van der Waals surface area contributed by atoms with Crippen molar-refractivity contribution < 1.29 is 9.53 Å². The van der Waals surface area contributed by atoms with E-state index in [9.17, 15) is 4.79 Å². The van der Waals surface area contributed by atoms with Crippen LogP contribution in [0.4, 0.5) is 0 Å². The zero-order chi connectivity index (χ0) is 12.5. The number of carbonyl (C=O) groups is 1. The Morgan fingerprint density at radius 2 is 2.06 bits per heavy atom. The number of hydrogen-bond donors (Lipinski definition) is 0. The molecule has 96 valence electrons. The SMILES string of the molecule is O=CN1C2CCC1CC(Oc1ccc(Cl)cn1)C2. The van der Waals surface area contributed by atoms with Crippen LogP contribution in [0.5, 0.6) is 5.88 Å². The van der Waals surface area contributed by atoms with Crippen LogP contribution in [0.2, 0.25) is 5.02 Å². The van der Waals surface area contributed by atoms with E-state index in [-0.39, 0.29) is 6.10 Å². The molecule has 0 radical (unpaired) electrons. The second kappa shape index (κ2) is 4.76. The Hall–Kier alpha value is -1.29. The maximum atomic E-state index is 11.0. The van der Waals surface area contributed by atoms with Crippen LogP contribution in [-0.2, 0) is 4.79 Å². The summed E-state index contributed by atoms with van der Waals surface area (Å²) in [6.45, 7) is 0. The number of pyridine rings is 1. The average molecular weight is 267 g/mol. The topological polar surface area (TPSA) is 42.4 Å². The van der Waals surface area contributed by atoms with Gasteiger partial charge in [0.1, 0.15) is 6.10 Å². The van der Waals surface area contributed by atoms with Gasteiger partial charge in [-0.3, -0.25) is 4.79 Å². The molecule has 18 heavy (non-hydrogen) atoms. The lowest BCUT2D eigenvalue weighted by atomic mass is 10.0. The Kier molecular flexibility index (Phi) is 3.12. The lowest BCUT2D eigenvalue weighted by molar-refractivity contribution is -0.123. The monoisotopic (exact) mass is 266 g/mol. The maximum absolute atomic E-state index is 11.0. The second-order valence-electron chi connectivity index (χ2n) is 4.96. The number of rotatable bonds is 3. The first-order valence-corrected chi connectivity index (χ1v) is 6.65. The van der Waals surface area contributed by atoms with E-state index in [4.69, 9.17) is 16.3 Å². The van der Waals surface area contributed by atoms with Gasteiger partial charge in [0.15, 0.2) is 0 Å². The number of nitrogens with zero attached hydrogens (tertiary/aromatic N) is 2. The van der Waals surface area contributed by atoms with E-state index in [0.717, 1.165) is 32.1 Å². The molecule has 2 aliphatic heterocycles. The number of ether oxygens (including phenoxy) is 1. The Morgan fingerprint density at radius 1 is 1.33 bits per heavy atom. The molecule has 4 nitrogen and oxygen atoms in total. The lowest BCUT2D eigenvalue weighted by Crippen LogP contribution is -2.45. The van der Waals surface area contributed by atoms with Crippen LogP contribution >= 0.6 is 11.6 Å². The third-order valence-electron chi connectivity index (χ3n) is 3.86. The fourth-order valence-electron chi connectivity index (χ4n) is 3.03. The highest BCUT2D eigenvalue weighted by molar-refractivity contribution is 6.30. The van der Waals surface area contributed by atoms with Crippen molar-refractivity contribution in [3.05, 3.63) is 23.4 Å². The minimum absolute atomic E-state index is 0.160. The van der Waals surface area contributed by atoms with E-state index in [2.05, 4.69) is 4.98 Å². The molecule has 5 heteroatoms. The van der Waals surface area contributed by atoms with Crippen molar-refractivity contribution >= 4 is 18.0 Å². The van der Waals surface area contributed by atoms with Crippen LogP contribution in [0.15, 0.2) is 18.3 Å². The molecule has 1 aromatic rings. The highest BCUT2D eigenvalue weighted by Crippen LogP contribution is 2.35. The molecule has 2 atom stereocenters. The van der Waals surface area contributed by atoms with Crippen LogP contribution in [0.25, 0.3) is 0 Å². The van der Waals surface area contributed by atoms with Crippen molar-refractivity contribution in [2.45, 2.75) is 43.9 Å². The molecular formula is C13H15ClN2O2. The zero-order valence-corrected chi connectivity index (χ0v) is 10.7. The highest BCUT2D eigenvalue weighted by atomic mass is 35.5. The van der Waals surface area contributed by atoms with Crippen LogP contribution < -0.4 is 4.74 Å². The van der Waals surface area contributed by atoms with Crippen molar-refractivity contribution in [3.8, 4) is 5.88 Å². The number of hydrogen-bond acceptors (Lipinski definition) is 3.